The molecule has 0 bridgehead atoms. The van der Waals surface area contributed by atoms with Crippen molar-refractivity contribution in [2.24, 2.45) is 0 Å². The highest BCUT2D eigenvalue weighted by molar-refractivity contribution is 8.20. The molecule has 0 atom stereocenters. The number of unbranched alkanes of at least 4 members (excludes halogenated alkanes) is 2. The number of hydrogen-bond acceptors (Lipinski definition) is 8. The van der Waals surface area contributed by atoms with Gasteiger partial charge in [0.1, 0.15) is 21.5 Å². The average Bonchev–Trinajstić information content (AvgIpc) is 3.54. The summed E-state index contributed by atoms with van der Waals surface area (Å²) >= 11 is 13.5. The van der Waals surface area contributed by atoms with E-state index < -0.39 is 0 Å². The fourth-order valence-corrected chi connectivity index (χ4v) is 7.48. The highest BCUT2D eigenvalue weighted by Gasteiger charge is 2.33. The van der Waals surface area contributed by atoms with Crippen LogP contribution in [-0.2, 0) is 0 Å². The van der Waals surface area contributed by atoms with Crippen molar-refractivity contribution < 1.29 is 19.1 Å². The van der Waals surface area contributed by atoms with Gasteiger partial charge in [0.25, 0.3) is 10.5 Å². The lowest BCUT2D eigenvalue weighted by Gasteiger charge is -2.14. The molecule has 2 saturated heterocycles. The minimum atomic E-state index is -0.0937. The highest BCUT2D eigenvalue weighted by Crippen LogP contribution is 2.38. The van der Waals surface area contributed by atoms with E-state index in [1.165, 1.54) is 0 Å². The molecule has 0 N–H and O–H groups in total. The number of hydrogen-bond donors (Lipinski definition) is 0. The fourth-order valence-electron chi connectivity index (χ4n) is 4.92. The molecule has 6 rings (SSSR count). The maximum Gasteiger partial charge on any atom is 0.296 e. The molecule has 10 heteroatoms. The summed E-state index contributed by atoms with van der Waals surface area (Å²) in [5.41, 5.74) is 3.46. The van der Waals surface area contributed by atoms with E-state index in [0.29, 0.717) is 23.2 Å². The smallest absolute Gasteiger partial charge is 0.296 e. The molecule has 2 aliphatic rings. The Hall–Kier alpha value is -4.22. The van der Waals surface area contributed by atoms with Crippen LogP contribution in [0.5, 0.6) is 11.5 Å². The lowest BCUT2D eigenvalue weighted by atomic mass is 10.2. The van der Waals surface area contributed by atoms with E-state index in [-0.39, 0.29) is 10.5 Å². The van der Waals surface area contributed by atoms with Crippen molar-refractivity contribution >= 4 is 91.9 Å². The number of amides is 2. The second kappa shape index (κ2) is 15.6. The topological polar surface area (TPSA) is 59.1 Å². The van der Waals surface area contributed by atoms with E-state index in [2.05, 4.69) is 0 Å². The summed E-state index contributed by atoms with van der Waals surface area (Å²) in [6, 6.07) is 34.5. The lowest BCUT2D eigenvalue weighted by molar-refractivity contribution is 0.267. The third kappa shape index (κ3) is 8.20. The monoisotopic (exact) mass is 694 g/mol. The molecule has 47 heavy (non-hydrogen) atoms. The Morgan fingerprint density at radius 3 is 1.30 bits per heavy atom. The van der Waals surface area contributed by atoms with Gasteiger partial charge in [-0.25, -0.2) is 0 Å². The summed E-state index contributed by atoms with van der Waals surface area (Å²) in [5.74, 6) is 1.60. The van der Waals surface area contributed by atoms with E-state index in [1.54, 1.807) is 9.80 Å². The van der Waals surface area contributed by atoms with Gasteiger partial charge < -0.3 is 9.47 Å². The molecule has 0 aromatic heterocycles. The molecule has 4 aromatic rings. The third-order valence-corrected chi connectivity index (χ3v) is 10.1. The van der Waals surface area contributed by atoms with Crippen LogP contribution in [0.2, 0.25) is 0 Å². The molecular weight excluding hydrogens is 665 g/mol. The summed E-state index contributed by atoms with van der Waals surface area (Å²) in [6.07, 6.45) is 6.69. The molecule has 2 heterocycles. The van der Waals surface area contributed by atoms with Crippen LogP contribution >= 0.6 is 48.0 Å². The zero-order valence-corrected chi connectivity index (χ0v) is 28.5. The molecule has 0 spiro atoms. The molecule has 0 aliphatic carbocycles. The van der Waals surface area contributed by atoms with E-state index in [9.17, 15) is 9.59 Å². The van der Waals surface area contributed by atoms with Crippen molar-refractivity contribution in [1.29, 1.82) is 0 Å². The van der Waals surface area contributed by atoms with Gasteiger partial charge in [-0.1, -0.05) is 85.1 Å². The molecular formula is C37H30N2O4S4. The number of anilines is 2. The van der Waals surface area contributed by atoms with Crippen molar-refractivity contribution in [3.8, 4) is 11.5 Å². The molecule has 2 aliphatic heterocycles. The number of para-hydroxylation sites is 2. The first kappa shape index (κ1) is 32.7. The third-order valence-electron chi connectivity index (χ3n) is 7.30. The molecule has 2 fully saturated rings. The van der Waals surface area contributed by atoms with Gasteiger partial charge in [-0.05, 0) is 115 Å². The number of nitrogens with zero attached hydrogens (tertiary/aromatic N) is 2. The Balaban J connectivity index is 0.894. The van der Waals surface area contributed by atoms with Crippen molar-refractivity contribution in [1.82, 2.24) is 0 Å². The SMILES string of the molecule is O=C1S/C(=C/c2ccc(OCCCCCOc3ccc(/C=C4/SC(=O)N(c5ccccc5)C4=S)cc3)cc2)C(=S)N1c1ccccc1. The minimum Gasteiger partial charge on any atom is -0.494 e. The fraction of sp³-hybridized carbons (Fsp3) is 0.135. The molecule has 236 valence electrons. The Morgan fingerprint density at radius 1 is 0.532 bits per heavy atom. The van der Waals surface area contributed by atoms with Crippen molar-refractivity contribution in [3.05, 3.63) is 130 Å². The predicted octanol–water partition coefficient (Wildman–Crippen LogP) is 10.4. The molecule has 0 saturated carbocycles. The number of ether oxygens (including phenoxy) is 2. The number of benzene rings is 4. The number of carbonyl (C=O) groups is 2. The van der Waals surface area contributed by atoms with Gasteiger partial charge in [-0.3, -0.25) is 19.4 Å². The zero-order chi connectivity index (χ0) is 32.6. The van der Waals surface area contributed by atoms with Crippen LogP contribution in [0.1, 0.15) is 30.4 Å². The highest BCUT2D eigenvalue weighted by atomic mass is 32.2. The quantitative estimate of drug-likeness (QED) is 0.0825. The minimum absolute atomic E-state index is 0.0937. The van der Waals surface area contributed by atoms with Crippen LogP contribution < -0.4 is 19.3 Å². The van der Waals surface area contributed by atoms with Crippen LogP contribution in [0.3, 0.4) is 0 Å². The molecule has 0 unspecified atom stereocenters. The van der Waals surface area contributed by atoms with E-state index in [0.717, 1.165) is 86.6 Å². The predicted molar refractivity (Wildman–Crippen MR) is 203 cm³/mol. The van der Waals surface area contributed by atoms with Gasteiger partial charge in [-0.2, -0.15) is 0 Å². The first-order valence-electron chi connectivity index (χ1n) is 15.1. The number of thiocarbonyl (C=S) groups is 2. The average molecular weight is 695 g/mol. The van der Waals surface area contributed by atoms with Crippen molar-refractivity contribution in [3.63, 3.8) is 0 Å². The molecule has 0 radical (unpaired) electrons. The van der Waals surface area contributed by atoms with Gasteiger partial charge in [0.2, 0.25) is 0 Å². The van der Waals surface area contributed by atoms with Crippen LogP contribution in [0.25, 0.3) is 12.2 Å². The van der Waals surface area contributed by atoms with Gasteiger partial charge in [-0.15, -0.1) is 0 Å². The lowest BCUT2D eigenvalue weighted by Crippen LogP contribution is -2.26. The summed E-state index contributed by atoms with van der Waals surface area (Å²) in [4.78, 5) is 30.8. The van der Waals surface area contributed by atoms with Crippen LogP contribution in [0.4, 0.5) is 21.0 Å². The maximum absolute atomic E-state index is 12.6. The summed E-state index contributed by atoms with van der Waals surface area (Å²) in [7, 11) is 0. The first-order valence-corrected chi connectivity index (χ1v) is 17.5. The Labute approximate surface area is 293 Å². The Kier molecular flexibility index (Phi) is 10.8. The van der Waals surface area contributed by atoms with Gasteiger partial charge in [0.05, 0.1) is 34.4 Å². The molecule has 4 aromatic carbocycles. The normalized spacial score (nSPS) is 16.5. The van der Waals surface area contributed by atoms with Crippen LogP contribution in [0, 0.1) is 0 Å². The van der Waals surface area contributed by atoms with Crippen molar-refractivity contribution in [2.45, 2.75) is 19.3 Å². The second-order valence-electron chi connectivity index (χ2n) is 10.6. The molecule has 6 nitrogen and oxygen atoms in total. The van der Waals surface area contributed by atoms with Gasteiger partial charge in [0.15, 0.2) is 0 Å². The number of thioether (sulfide) groups is 2. The van der Waals surface area contributed by atoms with E-state index >= 15 is 0 Å². The number of carbonyl (C=O) groups excluding carboxylic acids is 2. The van der Waals surface area contributed by atoms with E-state index in [4.69, 9.17) is 33.9 Å². The number of rotatable bonds is 12. The summed E-state index contributed by atoms with van der Waals surface area (Å²) in [6.45, 7) is 1.24. The van der Waals surface area contributed by atoms with Crippen molar-refractivity contribution in [2.75, 3.05) is 23.0 Å². The second-order valence-corrected chi connectivity index (χ2v) is 13.4. The largest absolute Gasteiger partial charge is 0.494 e. The zero-order valence-electron chi connectivity index (χ0n) is 25.2. The molecule has 2 amide bonds. The maximum atomic E-state index is 12.6. The van der Waals surface area contributed by atoms with Gasteiger partial charge >= 0.3 is 0 Å². The Bertz CT molecular complexity index is 1690. The summed E-state index contributed by atoms with van der Waals surface area (Å²) in [5, 5.41) is -0.187. The standard InChI is InChI=1S/C37H30N2O4S4/c40-36-38(28-10-4-1-5-11-28)34(44)32(46-36)24-26-14-18-30(19-15-26)42-22-8-3-9-23-43-31-20-16-27(17-21-31)25-33-35(45)39(37(41)47-33)29-12-6-2-7-13-29/h1-2,4-7,10-21,24-25H,3,8-9,22-23H2/b32-24+,33-25+. The summed E-state index contributed by atoms with van der Waals surface area (Å²) < 4.78 is 11.9. The van der Waals surface area contributed by atoms with E-state index in [1.807, 2.05) is 121 Å². The van der Waals surface area contributed by atoms with Crippen LogP contribution in [-0.4, -0.2) is 33.7 Å². The Morgan fingerprint density at radius 2 is 0.915 bits per heavy atom. The first-order chi connectivity index (χ1) is 23.0. The van der Waals surface area contributed by atoms with Gasteiger partial charge in [0, 0.05) is 0 Å². The van der Waals surface area contributed by atoms with Crippen LogP contribution in [0.15, 0.2) is 119 Å².